The molecule has 3 nitrogen and oxygen atoms in total. The number of rotatable bonds is 10. The lowest BCUT2D eigenvalue weighted by atomic mass is 10.1. The average Bonchev–Trinajstić information content (AvgIpc) is 2.75. The van der Waals surface area contributed by atoms with Crippen LogP contribution in [-0.4, -0.2) is 26.0 Å². The zero-order valence-corrected chi connectivity index (χ0v) is 20.5. The summed E-state index contributed by atoms with van der Waals surface area (Å²) in [7, 11) is 1.75. The molecule has 0 saturated carbocycles. The van der Waals surface area contributed by atoms with Crippen molar-refractivity contribution in [2.24, 2.45) is 4.99 Å². The highest BCUT2D eigenvalue weighted by molar-refractivity contribution is 6.30. The molecule has 0 aliphatic rings. The van der Waals surface area contributed by atoms with Crippen LogP contribution in [0.3, 0.4) is 0 Å². The molecule has 0 spiro atoms. The van der Waals surface area contributed by atoms with Gasteiger partial charge >= 0.3 is 0 Å². The SMILES string of the molecule is CC=C(N=C(C)c1ccc(Cl)cc1)/C(=C\CCC)N(CCOC)c1ccc(C)cc1C. The predicted molar refractivity (Wildman–Crippen MR) is 136 cm³/mol. The van der Waals surface area contributed by atoms with E-state index in [1.807, 2.05) is 38.1 Å². The molecule has 31 heavy (non-hydrogen) atoms. The summed E-state index contributed by atoms with van der Waals surface area (Å²) in [6.45, 7) is 12.0. The topological polar surface area (TPSA) is 24.8 Å². The molecule has 0 saturated heterocycles. The zero-order chi connectivity index (χ0) is 22.8. The predicted octanol–water partition coefficient (Wildman–Crippen LogP) is 7.51. The van der Waals surface area contributed by atoms with Gasteiger partial charge in [-0.05, 0) is 63.4 Å². The Kier molecular flexibility index (Phi) is 10.0. The van der Waals surface area contributed by atoms with E-state index >= 15 is 0 Å². The fourth-order valence-corrected chi connectivity index (χ4v) is 3.63. The molecule has 0 N–H and O–H groups in total. The number of hydrogen-bond donors (Lipinski definition) is 0. The Labute approximate surface area is 193 Å². The molecule has 0 radical (unpaired) electrons. The standard InChI is InChI=1S/C27H35ClN2O/c1-7-9-10-27(25(8-2)29-22(5)23-12-14-24(28)15-13-23)30(17-18-31-6)26-16-11-20(3)19-21(26)4/h8,10-16,19H,7,9,17-18H2,1-6H3/b25-8?,27-10+,29-22?. The van der Waals surface area contributed by atoms with Gasteiger partial charge in [0, 0.05) is 30.1 Å². The van der Waals surface area contributed by atoms with Gasteiger partial charge < -0.3 is 9.64 Å². The van der Waals surface area contributed by atoms with Gasteiger partial charge in [0.25, 0.3) is 0 Å². The van der Waals surface area contributed by atoms with E-state index in [0.717, 1.165) is 47.1 Å². The molecule has 0 atom stereocenters. The minimum atomic E-state index is 0.633. The lowest BCUT2D eigenvalue weighted by molar-refractivity contribution is 0.206. The second kappa shape index (κ2) is 12.5. The van der Waals surface area contributed by atoms with Crippen molar-refractivity contribution in [1.82, 2.24) is 0 Å². The number of allylic oxidation sites excluding steroid dienone is 2. The van der Waals surface area contributed by atoms with Crippen LogP contribution in [0.25, 0.3) is 0 Å². The molecule has 2 rings (SSSR count). The van der Waals surface area contributed by atoms with Gasteiger partial charge in [-0.15, -0.1) is 0 Å². The Morgan fingerprint density at radius 3 is 2.42 bits per heavy atom. The number of nitrogens with zero attached hydrogens (tertiary/aromatic N) is 2. The van der Waals surface area contributed by atoms with Gasteiger partial charge in [-0.25, -0.2) is 0 Å². The van der Waals surface area contributed by atoms with E-state index < -0.39 is 0 Å². The van der Waals surface area contributed by atoms with Crippen molar-refractivity contribution in [2.75, 3.05) is 25.2 Å². The third kappa shape index (κ3) is 7.09. The number of aliphatic imine (C=N–C) groups is 1. The quantitative estimate of drug-likeness (QED) is 0.283. The Morgan fingerprint density at radius 1 is 1.13 bits per heavy atom. The van der Waals surface area contributed by atoms with E-state index in [0.29, 0.717) is 6.61 Å². The van der Waals surface area contributed by atoms with Gasteiger partial charge in [0.05, 0.1) is 18.0 Å². The first-order valence-electron chi connectivity index (χ1n) is 10.9. The summed E-state index contributed by atoms with van der Waals surface area (Å²) in [5.74, 6) is 0. The number of halogens is 1. The van der Waals surface area contributed by atoms with E-state index in [1.54, 1.807) is 7.11 Å². The van der Waals surface area contributed by atoms with E-state index in [4.69, 9.17) is 21.3 Å². The van der Waals surface area contributed by atoms with Crippen LogP contribution in [0.5, 0.6) is 0 Å². The fraction of sp³-hybridized carbons (Fsp3) is 0.370. The molecular weight excluding hydrogens is 404 g/mol. The maximum atomic E-state index is 6.06. The summed E-state index contributed by atoms with van der Waals surface area (Å²) < 4.78 is 5.45. The van der Waals surface area contributed by atoms with Crippen molar-refractivity contribution < 1.29 is 4.74 Å². The molecule has 0 bridgehead atoms. The number of benzene rings is 2. The van der Waals surface area contributed by atoms with Crippen molar-refractivity contribution >= 4 is 23.0 Å². The van der Waals surface area contributed by atoms with E-state index in [-0.39, 0.29) is 0 Å². The zero-order valence-electron chi connectivity index (χ0n) is 19.7. The lowest BCUT2D eigenvalue weighted by Gasteiger charge is -2.30. The maximum absolute atomic E-state index is 6.06. The molecule has 0 heterocycles. The van der Waals surface area contributed by atoms with Gasteiger partial charge in [-0.2, -0.15) is 0 Å². The second-order valence-corrected chi connectivity index (χ2v) is 8.13. The van der Waals surface area contributed by atoms with Crippen LogP contribution < -0.4 is 4.90 Å². The monoisotopic (exact) mass is 438 g/mol. The summed E-state index contributed by atoms with van der Waals surface area (Å²) in [5, 5.41) is 0.729. The smallest absolute Gasteiger partial charge is 0.0824 e. The van der Waals surface area contributed by atoms with Crippen LogP contribution in [0.2, 0.25) is 5.02 Å². The molecule has 0 aliphatic carbocycles. The largest absolute Gasteiger partial charge is 0.383 e. The highest BCUT2D eigenvalue weighted by atomic mass is 35.5. The van der Waals surface area contributed by atoms with Crippen molar-refractivity contribution in [3.8, 4) is 0 Å². The minimum Gasteiger partial charge on any atom is -0.383 e. The number of methoxy groups -OCH3 is 1. The first-order valence-corrected chi connectivity index (χ1v) is 11.3. The molecule has 0 aliphatic heterocycles. The Bertz CT molecular complexity index is 942. The van der Waals surface area contributed by atoms with Gasteiger partial charge in [-0.3, -0.25) is 4.99 Å². The third-order valence-corrected chi connectivity index (χ3v) is 5.42. The Morgan fingerprint density at radius 2 is 1.84 bits per heavy atom. The third-order valence-electron chi connectivity index (χ3n) is 5.17. The Hall–Kier alpha value is -2.36. The summed E-state index contributed by atoms with van der Waals surface area (Å²) in [5.41, 5.74) is 7.78. The minimum absolute atomic E-state index is 0.633. The van der Waals surface area contributed by atoms with E-state index in [9.17, 15) is 0 Å². The van der Waals surface area contributed by atoms with Crippen LogP contribution in [0.1, 0.15) is 50.3 Å². The van der Waals surface area contributed by atoms with Crippen molar-refractivity contribution in [3.63, 3.8) is 0 Å². The van der Waals surface area contributed by atoms with Crippen molar-refractivity contribution in [1.29, 1.82) is 0 Å². The van der Waals surface area contributed by atoms with Crippen LogP contribution in [0.4, 0.5) is 5.69 Å². The first-order chi connectivity index (χ1) is 14.9. The lowest BCUT2D eigenvalue weighted by Crippen LogP contribution is -2.28. The van der Waals surface area contributed by atoms with Crippen LogP contribution in [0, 0.1) is 13.8 Å². The molecule has 2 aromatic carbocycles. The molecule has 0 fully saturated rings. The van der Waals surface area contributed by atoms with Crippen molar-refractivity contribution in [3.05, 3.63) is 87.7 Å². The molecule has 0 unspecified atom stereocenters. The first kappa shape index (κ1) is 24.9. The number of unbranched alkanes of at least 4 members (excludes halogenated alkanes) is 1. The number of hydrogen-bond acceptors (Lipinski definition) is 3. The maximum Gasteiger partial charge on any atom is 0.0824 e. The summed E-state index contributed by atoms with van der Waals surface area (Å²) >= 11 is 6.06. The van der Waals surface area contributed by atoms with Crippen LogP contribution >= 0.6 is 11.6 Å². The van der Waals surface area contributed by atoms with E-state index in [1.165, 1.54) is 16.8 Å². The number of anilines is 1. The fourth-order valence-electron chi connectivity index (χ4n) is 3.50. The molecule has 4 heteroatoms. The van der Waals surface area contributed by atoms with Gasteiger partial charge in [0.1, 0.15) is 0 Å². The van der Waals surface area contributed by atoms with Gasteiger partial charge in [-0.1, -0.05) is 66.9 Å². The van der Waals surface area contributed by atoms with Crippen molar-refractivity contribution in [2.45, 2.75) is 47.5 Å². The van der Waals surface area contributed by atoms with Gasteiger partial charge in [0.15, 0.2) is 0 Å². The molecule has 0 amide bonds. The Balaban J connectivity index is 2.54. The highest BCUT2D eigenvalue weighted by Crippen LogP contribution is 2.29. The highest BCUT2D eigenvalue weighted by Gasteiger charge is 2.18. The summed E-state index contributed by atoms with van der Waals surface area (Å²) in [4.78, 5) is 7.37. The van der Waals surface area contributed by atoms with Gasteiger partial charge in [0.2, 0.25) is 0 Å². The molecule has 0 aromatic heterocycles. The number of aryl methyl sites for hydroxylation is 2. The average molecular weight is 439 g/mol. The molecular formula is C27H35ClN2O. The molecule has 2 aromatic rings. The number of ether oxygens (including phenoxy) is 1. The van der Waals surface area contributed by atoms with E-state index in [2.05, 4.69) is 56.0 Å². The van der Waals surface area contributed by atoms with Crippen LogP contribution in [0.15, 0.2) is 71.0 Å². The molecule has 166 valence electrons. The summed E-state index contributed by atoms with van der Waals surface area (Å²) in [6.07, 6.45) is 6.44. The second-order valence-electron chi connectivity index (χ2n) is 7.69. The van der Waals surface area contributed by atoms with Crippen LogP contribution in [-0.2, 0) is 4.74 Å². The normalized spacial score (nSPS) is 12.9. The summed E-state index contributed by atoms with van der Waals surface area (Å²) in [6, 6.07) is 14.4.